The van der Waals surface area contributed by atoms with Crippen molar-refractivity contribution in [3.63, 3.8) is 0 Å². The van der Waals surface area contributed by atoms with Gasteiger partial charge in [0, 0.05) is 13.1 Å². The zero-order valence-electron chi connectivity index (χ0n) is 12.2. The Kier molecular flexibility index (Phi) is 9.70. The number of hydrogen-bond acceptors (Lipinski definition) is 3. The Bertz CT molecular complexity index is 305. The van der Waals surface area contributed by atoms with E-state index in [2.05, 4.69) is 16.0 Å². The monoisotopic (exact) mass is 272 g/mol. The fourth-order valence-electron chi connectivity index (χ4n) is 1.56. The Hall–Kier alpha value is -0.800. The summed E-state index contributed by atoms with van der Waals surface area (Å²) in [5.41, 5.74) is 1.14. The summed E-state index contributed by atoms with van der Waals surface area (Å²) in [5, 5.41) is 0.562. The third-order valence-corrected chi connectivity index (χ3v) is 2.45. The quantitative estimate of drug-likeness (QED) is 0.724. The maximum atomic E-state index is 5.90. The average Bonchev–Trinajstić information content (AvgIpc) is 2.43. The van der Waals surface area contributed by atoms with Crippen LogP contribution in [-0.2, 0) is 4.74 Å². The van der Waals surface area contributed by atoms with Crippen LogP contribution in [-0.4, -0.2) is 31.3 Å². The number of pyridine rings is 1. The van der Waals surface area contributed by atoms with Crippen LogP contribution in [0.3, 0.4) is 0 Å². The summed E-state index contributed by atoms with van der Waals surface area (Å²) in [6.45, 7) is 13.4. The van der Waals surface area contributed by atoms with Gasteiger partial charge in [-0.3, -0.25) is 0 Å². The molecule has 0 unspecified atom stereocenters. The molecule has 1 aliphatic rings. The van der Waals surface area contributed by atoms with Crippen molar-refractivity contribution in [2.75, 3.05) is 31.2 Å². The van der Waals surface area contributed by atoms with E-state index in [1.165, 1.54) is 0 Å². The average molecular weight is 273 g/mol. The first-order valence-corrected chi connectivity index (χ1v) is 7.10. The van der Waals surface area contributed by atoms with E-state index in [0.717, 1.165) is 37.7 Å². The van der Waals surface area contributed by atoms with Gasteiger partial charge in [-0.15, -0.1) is 0 Å². The van der Waals surface area contributed by atoms with E-state index in [1.807, 2.05) is 40.7 Å². The number of hydrogen-bond donors (Lipinski definition) is 0. The molecule has 2 heterocycles. The molecule has 0 N–H and O–H groups in total. The standard InChI is InChI=1S/C10H13ClN2O.2C2H6/c1-8-6-9(11)12-10(7-8)13-2-4-14-5-3-13;2*1-2/h6-7H,2-5H2,1H3;2*1-2H3. The van der Waals surface area contributed by atoms with E-state index < -0.39 is 0 Å². The maximum absolute atomic E-state index is 5.90. The fourth-order valence-corrected chi connectivity index (χ4v) is 1.82. The van der Waals surface area contributed by atoms with Gasteiger partial charge in [0.05, 0.1) is 13.2 Å². The Morgan fingerprint density at radius 1 is 1.11 bits per heavy atom. The lowest BCUT2D eigenvalue weighted by atomic mass is 10.3. The van der Waals surface area contributed by atoms with Crippen molar-refractivity contribution >= 4 is 17.4 Å². The predicted molar refractivity (Wildman–Crippen MR) is 79.7 cm³/mol. The molecule has 1 saturated heterocycles. The minimum absolute atomic E-state index is 0.562. The van der Waals surface area contributed by atoms with Gasteiger partial charge in [0.25, 0.3) is 0 Å². The van der Waals surface area contributed by atoms with Gasteiger partial charge in [-0.25, -0.2) is 4.98 Å². The molecule has 1 fully saturated rings. The first kappa shape index (κ1) is 17.2. The molecule has 3 nitrogen and oxygen atoms in total. The lowest BCUT2D eigenvalue weighted by molar-refractivity contribution is 0.122. The van der Waals surface area contributed by atoms with Crippen molar-refractivity contribution in [2.45, 2.75) is 34.6 Å². The minimum atomic E-state index is 0.562. The topological polar surface area (TPSA) is 25.4 Å². The van der Waals surface area contributed by atoms with Crippen LogP contribution in [0.25, 0.3) is 0 Å². The Morgan fingerprint density at radius 3 is 2.17 bits per heavy atom. The lowest BCUT2D eigenvalue weighted by Crippen LogP contribution is -2.36. The summed E-state index contributed by atoms with van der Waals surface area (Å²) in [6.07, 6.45) is 0. The van der Waals surface area contributed by atoms with Crippen molar-refractivity contribution in [3.8, 4) is 0 Å². The van der Waals surface area contributed by atoms with Gasteiger partial charge in [-0.1, -0.05) is 39.3 Å². The number of rotatable bonds is 1. The molecule has 0 amide bonds. The van der Waals surface area contributed by atoms with E-state index in [-0.39, 0.29) is 0 Å². The van der Waals surface area contributed by atoms with Crippen LogP contribution in [0.15, 0.2) is 12.1 Å². The van der Waals surface area contributed by atoms with Crippen molar-refractivity contribution in [2.24, 2.45) is 0 Å². The van der Waals surface area contributed by atoms with Crippen LogP contribution in [0.4, 0.5) is 5.82 Å². The predicted octanol–water partition coefficient (Wildman–Crippen LogP) is 3.93. The molecule has 2 rings (SSSR count). The largest absolute Gasteiger partial charge is 0.378 e. The molecule has 4 heteroatoms. The van der Waals surface area contributed by atoms with Crippen molar-refractivity contribution < 1.29 is 4.74 Å². The molecule has 0 atom stereocenters. The highest BCUT2D eigenvalue weighted by molar-refractivity contribution is 6.29. The van der Waals surface area contributed by atoms with Gasteiger partial charge in [0.2, 0.25) is 0 Å². The number of halogens is 1. The second-order valence-electron chi connectivity index (χ2n) is 3.42. The molecule has 0 aromatic carbocycles. The molecule has 18 heavy (non-hydrogen) atoms. The van der Waals surface area contributed by atoms with Crippen molar-refractivity contribution in [1.29, 1.82) is 0 Å². The van der Waals surface area contributed by atoms with Gasteiger partial charge in [0.1, 0.15) is 11.0 Å². The third kappa shape index (κ3) is 5.69. The summed E-state index contributed by atoms with van der Waals surface area (Å²) in [7, 11) is 0. The number of aromatic nitrogens is 1. The fraction of sp³-hybridized carbons (Fsp3) is 0.643. The molecule has 0 spiro atoms. The molecule has 104 valence electrons. The lowest BCUT2D eigenvalue weighted by Gasteiger charge is -2.28. The van der Waals surface area contributed by atoms with Gasteiger partial charge in [0.15, 0.2) is 0 Å². The Labute approximate surface area is 116 Å². The number of anilines is 1. The van der Waals surface area contributed by atoms with Crippen molar-refractivity contribution in [3.05, 3.63) is 22.8 Å². The third-order valence-electron chi connectivity index (χ3n) is 2.26. The number of morpholine rings is 1. The summed E-state index contributed by atoms with van der Waals surface area (Å²) >= 11 is 5.90. The molecule has 1 aliphatic heterocycles. The number of nitrogens with zero attached hydrogens (tertiary/aromatic N) is 2. The molecule has 0 radical (unpaired) electrons. The molecule has 0 saturated carbocycles. The molecule has 0 aliphatic carbocycles. The molecule has 1 aromatic rings. The van der Waals surface area contributed by atoms with Crippen LogP contribution in [0.5, 0.6) is 0 Å². The highest BCUT2D eigenvalue weighted by Gasteiger charge is 2.12. The SMILES string of the molecule is CC.CC.Cc1cc(Cl)nc(N2CCOCC2)c1. The highest BCUT2D eigenvalue weighted by Crippen LogP contribution is 2.18. The van der Waals surface area contributed by atoms with Gasteiger partial charge in [-0.05, 0) is 24.6 Å². The molecule has 1 aromatic heterocycles. The normalized spacial score (nSPS) is 14.0. The van der Waals surface area contributed by atoms with Gasteiger partial charge < -0.3 is 9.64 Å². The van der Waals surface area contributed by atoms with Crippen molar-refractivity contribution in [1.82, 2.24) is 4.98 Å². The highest BCUT2D eigenvalue weighted by atomic mass is 35.5. The summed E-state index contributed by atoms with van der Waals surface area (Å²) in [6, 6.07) is 3.92. The van der Waals surface area contributed by atoms with Crippen LogP contribution < -0.4 is 4.90 Å². The molecular weight excluding hydrogens is 248 g/mol. The Balaban J connectivity index is 0.000000659. The van der Waals surface area contributed by atoms with E-state index in [4.69, 9.17) is 16.3 Å². The smallest absolute Gasteiger partial charge is 0.131 e. The van der Waals surface area contributed by atoms with Crippen LogP contribution >= 0.6 is 11.6 Å². The molecular formula is C14H25ClN2O. The van der Waals surface area contributed by atoms with Crippen LogP contribution in [0.2, 0.25) is 5.15 Å². The number of aryl methyl sites for hydroxylation is 1. The van der Waals surface area contributed by atoms with E-state index >= 15 is 0 Å². The van der Waals surface area contributed by atoms with E-state index in [1.54, 1.807) is 0 Å². The second-order valence-corrected chi connectivity index (χ2v) is 3.81. The van der Waals surface area contributed by atoms with Crippen LogP contribution in [0.1, 0.15) is 33.3 Å². The van der Waals surface area contributed by atoms with E-state index in [9.17, 15) is 0 Å². The van der Waals surface area contributed by atoms with Crippen LogP contribution in [0, 0.1) is 6.92 Å². The maximum Gasteiger partial charge on any atom is 0.131 e. The summed E-state index contributed by atoms with van der Waals surface area (Å²) < 4.78 is 5.28. The molecule has 0 bridgehead atoms. The minimum Gasteiger partial charge on any atom is -0.378 e. The van der Waals surface area contributed by atoms with Gasteiger partial charge in [-0.2, -0.15) is 0 Å². The summed E-state index contributed by atoms with van der Waals surface area (Å²) in [4.78, 5) is 6.49. The number of ether oxygens (including phenoxy) is 1. The summed E-state index contributed by atoms with van der Waals surface area (Å²) in [5.74, 6) is 0.957. The zero-order valence-corrected chi connectivity index (χ0v) is 12.9. The Morgan fingerprint density at radius 2 is 1.67 bits per heavy atom. The second kappa shape index (κ2) is 10.2. The first-order chi connectivity index (χ1) is 8.75. The van der Waals surface area contributed by atoms with E-state index in [0.29, 0.717) is 5.15 Å². The zero-order chi connectivity index (χ0) is 14.0. The van der Waals surface area contributed by atoms with Gasteiger partial charge >= 0.3 is 0 Å². The first-order valence-electron chi connectivity index (χ1n) is 6.72.